The first-order valence-electron chi connectivity index (χ1n) is 9.62. The Hall–Kier alpha value is -3.74. The van der Waals surface area contributed by atoms with E-state index >= 15 is 0 Å². The van der Waals surface area contributed by atoms with Crippen LogP contribution in [0.4, 0.5) is 5.69 Å². The van der Waals surface area contributed by atoms with E-state index in [2.05, 4.69) is 15.7 Å². The molecular formula is C23H24N4O3. The van der Waals surface area contributed by atoms with Crippen molar-refractivity contribution in [1.82, 2.24) is 15.1 Å². The summed E-state index contributed by atoms with van der Waals surface area (Å²) >= 11 is 0. The van der Waals surface area contributed by atoms with E-state index in [0.717, 1.165) is 11.3 Å². The maximum Gasteiger partial charge on any atom is 0.293 e. The SMILES string of the molecule is CC(=O)Nc1cccc(C(C)NC(=O)C(=O)c2c(C)nn(-c3ccccc3)c2C)c1. The average molecular weight is 404 g/mol. The molecule has 0 bridgehead atoms. The van der Waals surface area contributed by atoms with Gasteiger partial charge < -0.3 is 10.6 Å². The lowest BCUT2D eigenvalue weighted by molar-refractivity contribution is -0.117. The predicted octanol–water partition coefficient (Wildman–Crippen LogP) is 3.51. The van der Waals surface area contributed by atoms with Gasteiger partial charge in [0.2, 0.25) is 5.91 Å². The number of carbonyl (C=O) groups is 3. The summed E-state index contributed by atoms with van der Waals surface area (Å²) in [6, 6.07) is 16.2. The van der Waals surface area contributed by atoms with E-state index in [1.54, 1.807) is 43.7 Å². The van der Waals surface area contributed by atoms with E-state index < -0.39 is 17.7 Å². The smallest absolute Gasteiger partial charge is 0.293 e. The Labute approximate surface area is 175 Å². The van der Waals surface area contributed by atoms with E-state index in [9.17, 15) is 14.4 Å². The number of rotatable bonds is 6. The van der Waals surface area contributed by atoms with Crippen LogP contribution >= 0.6 is 0 Å². The van der Waals surface area contributed by atoms with Crippen molar-refractivity contribution in [3.8, 4) is 5.69 Å². The van der Waals surface area contributed by atoms with Crippen LogP contribution < -0.4 is 10.6 Å². The van der Waals surface area contributed by atoms with Crippen molar-refractivity contribution in [2.75, 3.05) is 5.32 Å². The number of aryl methyl sites for hydroxylation is 1. The van der Waals surface area contributed by atoms with E-state index in [1.807, 2.05) is 36.4 Å². The largest absolute Gasteiger partial charge is 0.343 e. The Morgan fingerprint density at radius 1 is 1.00 bits per heavy atom. The molecule has 0 spiro atoms. The minimum absolute atomic E-state index is 0.180. The van der Waals surface area contributed by atoms with Crippen molar-refractivity contribution in [3.63, 3.8) is 0 Å². The van der Waals surface area contributed by atoms with Crippen LogP contribution in [0.25, 0.3) is 5.69 Å². The molecule has 30 heavy (non-hydrogen) atoms. The number of aromatic nitrogens is 2. The number of ketones is 1. The third-order valence-electron chi connectivity index (χ3n) is 4.78. The van der Waals surface area contributed by atoms with Crippen LogP contribution in [0.15, 0.2) is 54.6 Å². The minimum Gasteiger partial charge on any atom is -0.343 e. The number of benzene rings is 2. The minimum atomic E-state index is -0.703. The van der Waals surface area contributed by atoms with E-state index in [1.165, 1.54) is 6.92 Å². The molecule has 1 atom stereocenters. The van der Waals surface area contributed by atoms with E-state index in [-0.39, 0.29) is 5.91 Å². The Kier molecular flexibility index (Phi) is 6.11. The zero-order valence-electron chi connectivity index (χ0n) is 17.4. The number of para-hydroxylation sites is 1. The van der Waals surface area contributed by atoms with Gasteiger partial charge in [-0.15, -0.1) is 0 Å². The lowest BCUT2D eigenvalue weighted by Gasteiger charge is -2.15. The number of nitrogens with zero attached hydrogens (tertiary/aromatic N) is 2. The fraction of sp³-hybridized carbons (Fsp3) is 0.217. The van der Waals surface area contributed by atoms with Gasteiger partial charge in [-0.3, -0.25) is 14.4 Å². The van der Waals surface area contributed by atoms with Gasteiger partial charge in [0.05, 0.1) is 28.7 Å². The van der Waals surface area contributed by atoms with Crippen molar-refractivity contribution < 1.29 is 14.4 Å². The van der Waals surface area contributed by atoms with Crippen LogP contribution in [0.2, 0.25) is 0 Å². The molecule has 2 N–H and O–H groups in total. The highest BCUT2D eigenvalue weighted by Gasteiger charge is 2.26. The van der Waals surface area contributed by atoms with E-state index in [4.69, 9.17) is 0 Å². The molecule has 0 radical (unpaired) electrons. The zero-order valence-corrected chi connectivity index (χ0v) is 17.4. The molecule has 2 aromatic carbocycles. The van der Waals surface area contributed by atoms with Crippen LogP contribution in [0.1, 0.15) is 47.2 Å². The average Bonchev–Trinajstić information content (AvgIpc) is 3.01. The number of nitrogens with one attached hydrogen (secondary N) is 2. The van der Waals surface area contributed by atoms with Crippen LogP contribution in [-0.2, 0) is 9.59 Å². The highest BCUT2D eigenvalue weighted by Crippen LogP contribution is 2.20. The first kappa shape index (κ1) is 21.0. The van der Waals surface area contributed by atoms with Gasteiger partial charge in [-0.25, -0.2) is 4.68 Å². The highest BCUT2D eigenvalue weighted by atomic mass is 16.2. The molecule has 0 fully saturated rings. The van der Waals surface area contributed by atoms with Crippen molar-refractivity contribution in [1.29, 1.82) is 0 Å². The normalized spacial score (nSPS) is 11.6. The first-order chi connectivity index (χ1) is 14.3. The first-order valence-corrected chi connectivity index (χ1v) is 9.62. The van der Waals surface area contributed by atoms with Gasteiger partial charge >= 0.3 is 0 Å². The van der Waals surface area contributed by atoms with E-state index in [0.29, 0.717) is 22.6 Å². The topological polar surface area (TPSA) is 93.1 Å². The van der Waals surface area contributed by atoms with Crippen molar-refractivity contribution in [2.24, 2.45) is 0 Å². The molecule has 0 aliphatic rings. The molecule has 1 unspecified atom stereocenters. The van der Waals surface area contributed by atoms with Crippen molar-refractivity contribution in [2.45, 2.75) is 33.7 Å². The molecule has 1 heterocycles. The van der Waals surface area contributed by atoms with Crippen LogP contribution in [0, 0.1) is 13.8 Å². The molecule has 7 heteroatoms. The summed E-state index contributed by atoms with van der Waals surface area (Å²) in [6.45, 7) is 6.70. The maximum atomic E-state index is 12.9. The van der Waals surface area contributed by atoms with Crippen molar-refractivity contribution >= 4 is 23.3 Å². The molecule has 0 aliphatic heterocycles. The monoisotopic (exact) mass is 404 g/mol. The number of anilines is 1. The lowest BCUT2D eigenvalue weighted by Crippen LogP contribution is -2.33. The molecule has 1 aromatic heterocycles. The molecular weight excluding hydrogens is 380 g/mol. The third kappa shape index (κ3) is 4.46. The van der Waals surface area contributed by atoms with Gasteiger partial charge in [0, 0.05) is 12.6 Å². The second-order valence-corrected chi connectivity index (χ2v) is 7.12. The lowest BCUT2D eigenvalue weighted by atomic mass is 10.1. The van der Waals surface area contributed by atoms with Gasteiger partial charge in [-0.2, -0.15) is 5.10 Å². The second-order valence-electron chi connectivity index (χ2n) is 7.12. The molecule has 0 aliphatic carbocycles. The van der Waals surface area contributed by atoms with Gasteiger partial charge in [0.15, 0.2) is 0 Å². The quantitative estimate of drug-likeness (QED) is 0.486. The molecule has 0 saturated carbocycles. The summed E-state index contributed by atoms with van der Waals surface area (Å²) in [4.78, 5) is 36.8. The third-order valence-corrected chi connectivity index (χ3v) is 4.78. The Bertz CT molecular complexity index is 1100. The summed E-state index contributed by atoms with van der Waals surface area (Å²) in [7, 11) is 0. The van der Waals surface area contributed by atoms with Crippen molar-refractivity contribution in [3.05, 3.63) is 77.1 Å². The predicted molar refractivity (Wildman–Crippen MR) is 115 cm³/mol. The molecule has 2 amide bonds. The van der Waals surface area contributed by atoms with Crippen LogP contribution in [0.3, 0.4) is 0 Å². The Balaban J connectivity index is 1.79. The fourth-order valence-corrected chi connectivity index (χ4v) is 3.34. The van der Waals surface area contributed by atoms with Crippen LogP contribution in [-0.4, -0.2) is 27.4 Å². The number of carbonyl (C=O) groups excluding carboxylic acids is 3. The summed E-state index contributed by atoms with van der Waals surface area (Å²) in [5, 5.41) is 9.88. The Morgan fingerprint density at radius 2 is 1.70 bits per heavy atom. The number of Topliss-reactive ketones (excluding diaryl/α,β-unsaturated/α-hetero) is 1. The summed E-state index contributed by atoms with van der Waals surface area (Å²) < 4.78 is 1.66. The zero-order chi connectivity index (χ0) is 21.8. The number of hydrogen-bond acceptors (Lipinski definition) is 4. The molecule has 3 aromatic rings. The Morgan fingerprint density at radius 3 is 2.37 bits per heavy atom. The summed E-state index contributed by atoms with van der Waals surface area (Å²) in [5.74, 6) is -1.51. The fourth-order valence-electron chi connectivity index (χ4n) is 3.34. The molecule has 154 valence electrons. The second kappa shape index (κ2) is 8.73. The number of amides is 2. The molecule has 7 nitrogen and oxygen atoms in total. The van der Waals surface area contributed by atoms with Gasteiger partial charge in [-0.1, -0.05) is 30.3 Å². The summed E-state index contributed by atoms with van der Waals surface area (Å²) in [6.07, 6.45) is 0. The van der Waals surface area contributed by atoms with Gasteiger partial charge in [0.25, 0.3) is 11.7 Å². The number of hydrogen-bond donors (Lipinski definition) is 2. The summed E-state index contributed by atoms with van der Waals surface area (Å²) in [5.41, 5.74) is 3.63. The highest BCUT2D eigenvalue weighted by molar-refractivity contribution is 6.43. The van der Waals surface area contributed by atoms with Gasteiger partial charge in [0.1, 0.15) is 0 Å². The van der Waals surface area contributed by atoms with Crippen LogP contribution in [0.5, 0.6) is 0 Å². The maximum absolute atomic E-state index is 12.9. The molecule has 0 saturated heterocycles. The van der Waals surface area contributed by atoms with Gasteiger partial charge in [-0.05, 0) is 50.6 Å². The molecule has 3 rings (SSSR count). The standard InChI is InChI=1S/C23H24N4O3/c1-14(18-9-8-10-19(13-18)25-17(4)28)24-23(30)22(29)21-15(2)26-27(16(21)3)20-11-6-5-7-12-20/h5-14H,1-4H3,(H,24,30)(H,25,28).